The molecule has 3 rings (SSSR count). The summed E-state index contributed by atoms with van der Waals surface area (Å²) >= 11 is 0. The van der Waals surface area contributed by atoms with Gasteiger partial charge in [0, 0.05) is 38.6 Å². The molecule has 2 fully saturated rings. The zero-order valence-electron chi connectivity index (χ0n) is 13.8. The van der Waals surface area contributed by atoms with Crippen LogP contribution in [0.2, 0.25) is 0 Å². The molecule has 5 nitrogen and oxygen atoms in total. The predicted octanol–water partition coefficient (Wildman–Crippen LogP) is 1.17. The van der Waals surface area contributed by atoms with Crippen LogP contribution in [0.15, 0.2) is 24.3 Å². The number of amides is 2. The van der Waals surface area contributed by atoms with Gasteiger partial charge in [0.25, 0.3) is 0 Å². The minimum atomic E-state index is 0.0487. The molecule has 0 spiro atoms. The van der Waals surface area contributed by atoms with Gasteiger partial charge in [0.05, 0.1) is 6.54 Å². The molecule has 1 saturated heterocycles. The van der Waals surface area contributed by atoms with Crippen LogP contribution in [-0.2, 0) is 16.1 Å². The van der Waals surface area contributed by atoms with Crippen molar-refractivity contribution in [3.63, 3.8) is 0 Å². The number of nitrogens with one attached hydrogen (secondary N) is 1. The third-order valence-electron chi connectivity index (χ3n) is 4.59. The van der Waals surface area contributed by atoms with Crippen LogP contribution in [0.3, 0.4) is 0 Å². The van der Waals surface area contributed by atoms with Gasteiger partial charge in [-0.15, -0.1) is 0 Å². The lowest BCUT2D eigenvalue weighted by atomic mass is 10.1. The smallest absolute Gasteiger partial charge is 0.234 e. The van der Waals surface area contributed by atoms with E-state index in [1.54, 1.807) is 0 Å². The van der Waals surface area contributed by atoms with Crippen molar-refractivity contribution >= 4 is 11.8 Å². The number of hydrogen-bond donors (Lipinski definition) is 1. The fourth-order valence-electron chi connectivity index (χ4n) is 2.88. The first-order valence-electron chi connectivity index (χ1n) is 8.45. The Kier molecular flexibility index (Phi) is 4.96. The second kappa shape index (κ2) is 7.13. The molecule has 0 atom stereocenters. The van der Waals surface area contributed by atoms with E-state index in [1.165, 1.54) is 5.56 Å². The van der Waals surface area contributed by atoms with E-state index in [4.69, 9.17) is 0 Å². The Balaban J connectivity index is 1.37. The van der Waals surface area contributed by atoms with Gasteiger partial charge in [-0.25, -0.2) is 0 Å². The third kappa shape index (κ3) is 4.55. The number of benzene rings is 1. The Morgan fingerprint density at radius 3 is 2.35 bits per heavy atom. The van der Waals surface area contributed by atoms with Gasteiger partial charge in [-0.3, -0.25) is 14.5 Å². The fraction of sp³-hybridized carbons (Fsp3) is 0.556. The highest BCUT2D eigenvalue weighted by atomic mass is 16.2. The molecule has 0 unspecified atom stereocenters. The maximum atomic E-state index is 12.1. The van der Waals surface area contributed by atoms with E-state index in [9.17, 15) is 9.59 Å². The molecule has 2 aliphatic rings. The molecule has 0 bridgehead atoms. The third-order valence-corrected chi connectivity index (χ3v) is 4.59. The summed E-state index contributed by atoms with van der Waals surface area (Å²) in [5, 5.41) is 2.97. The first-order valence-corrected chi connectivity index (χ1v) is 8.45. The standard InChI is InChI=1S/C18H25N3O2/c1-14-2-4-15(5-3-14)12-19-17(22)13-20-8-10-21(11-9-20)18(23)16-6-7-16/h2-5,16H,6-13H2,1H3,(H,19,22). The second-order valence-corrected chi connectivity index (χ2v) is 6.64. The van der Waals surface area contributed by atoms with Gasteiger partial charge in [0.15, 0.2) is 0 Å². The van der Waals surface area contributed by atoms with E-state index < -0.39 is 0 Å². The normalized spacial score (nSPS) is 18.7. The van der Waals surface area contributed by atoms with Crippen LogP contribution in [0.25, 0.3) is 0 Å². The monoisotopic (exact) mass is 315 g/mol. The van der Waals surface area contributed by atoms with Gasteiger partial charge in [-0.2, -0.15) is 0 Å². The summed E-state index contributed by atoms with van der Waals surface area (Å²) in [4.78, 5) is 28.1. The van der Waals surface area contributed by atoms with Crippen LogP contribution in [0.1, 0.15) is 24.0 Å². The van der Waals surface area contributed by atoms with Crippen LogP contribution in [0, 0.1) is 12.8 Å². The quantitative estimate of drug-likeness (QED) is 0.887. The number of rotatable bonds is 5. The number of carbonyl (C=O) groups is 2. The fourth-order valence-corrected chi connectivity index (χ4v) is 2.88. The van der Waals surface area contributed by atoms with E-state index in [2.05, 4.69) is 29.3 Å². The van der Waals surface area contributed by atoms with Gasteiger partial charge in [-0.1, -0.05) is 29.8 Å². The number of hydrogen-bond acceptors (Lipinski definition) is 3. The van der Waals surface area contributed by atoms with Crippen LogP contribution in [0.5, 0.6) is 0 Å². The van der Waals surface area contributed by atoms with E-state index in [0.29, 0.717) is 24.9 Å². The highest BCUT2D eigenvalue weighted by Gasteiger charge is 2.34. The van der Waals surface area contributed by atoms with E-state index in [1.807, 2.05) is 17.0 Å². The van der Waals surface area contributed by atoms with Crippen LogP contribution >= 0.6 is 0 Å². The molecule has 1 N–H and O–H groups in total. The molecule has 1 aromatic rings. The summed E-state index contributed by atoms with van der Waals surface area (Å²) in [6.45, 7) is 6.11. The number of piperazine rings is 1. The molecule has 1 aromatic carbocycles. The van der Waals surface area contributed by atoms with E-state index in [-0.39, 0.29) is 5.91 Å². The minimum Gasteiger partial charge on any atom is -0.351 e. The van der Waals surface area contributed by atoms with E-state index in [0.717, 1.165) is 44.6 Å². The topological polar surface area (TPSA) is 52.7 Å². The molecule has 1 aliphatic carbocycles. The molecule has 0 radical (unpaired) electrons. The van der Waals surface area contributed by atoms with E-state index >= 15 is 0 Å². The molecule has 1 saturated carbocycles. The number of carbonyl (C=O) groups excluding carboxylic acids is 2. The molecule has 0 aromatic heterocycles. The molecule has 5 heteroatoms. The van der Waals surface area contributed by atoms with Crippen molar-refractivity contribution in [2.45, 2.75) is 26.3 Å². The summed E-state index contributed by atoms with van der Waals surface area (Å²) in [6.07, 6.45) is 2.11. The molecule has 1 aliphatic heterocycles. The maximum absolute atomic E-state index is 12.1. The summed E-state index contributed by atoms with van der Waals surface area (Å²) in [6, 6.07) is 8.19. The van der Waals surface area contributed by atoms with Crippen molar-refractivity contribution in [1.82, 2.24) is 15.1 Å². The largest absolute Gasteiger partial charge is 0.351 e. The van der Waals surface area contributed by atoms with Gasteiger partial charge in [0.2, 0.25) is 11.8 Å². The number of nitrogens with zero attached hydrogens (tertiary/aromatic N) is 2. The Morgan fingerprint density at radius 1 is 1.09 bits per heavy atom. The van der Waals surface area contributed by atoms with Gasteiger partial charge < -0.3 is 10.2 Å². The lowest BCUT2D eigenvalue weighted by molar-refractivity contribution is -0.134. The van der Waals surface area contributed by atoms with Gasteiger partial charge >= 0.3 is 0 Å². The molecule has 1 heterocycles. The second-order valence-electron chi connectivity index (χ2n) is 6.64. The summed E-state index contributed by atoms with van der Waals surface area (Å²) in [7, 11) is 0. The SMILES string of the molecule is Cc1ccc(CNC(=O)CN2CCN(C(=O)C3CC3)CC2)cc1. The van der Waals surface area contributed by atoms with Crippen molar-refractivity contribution in [3.05, 3.63) is 35.4 Å². The van der Waals surface area contributed by atoms with Crippen molar-refractivity contribution in [1.29, 1.82) is 0 Å². The number of aryl methyl sites for hydroxylation is 1. The highest BCUT2D eigenvalue weighted by Crippen LogP contribution is 2.31. The molecule has 23 heavy (non-hydrogen) atoms. The Hall–Kier alpha value is -1.88. The summed E-state index contributed by atoms with van der Waals surface area (Å²) < 4.78 is 0. The zero-order valence-corrected chi connectivity index (χ0v) is 13.8. The van der Waals surface area contributed by atoms with Gasteiger partial charge in [0.1, 0.15) is 0 Å². The maximum Gasteiger partial charge on any atom is 0.234 e. The first-order chi connectivity index (χ1) is 11.1. The lowest BCUT2D eigenvalue weighted by Crippen LogP contribution is -2.51. The van der Waals surface area contributed by atoms with Crippen LogP contribution in [-0.4, -0.2) is 54.3 Å². The predicted molar refractivity (Wildman–Crippen MR) is 88.8 cm³/mol. The Bertz CT molecular complexity index is 558. The summed E-state index contributed by atoms with van der Waals surface area (Å²) in [5.41, 5.74) is 2.34. The molecule has 124 valence electrons. The van der Waals surface area contributed by atoms with Crippen molar-refractivity contribution < 1.29 is 9.59 Å². The Labute approximate surface area is 137 Å². The van der Waals surface area contributed by atoms with Crippen molar-refractivity contribution in [2.24, 2.45) is 5.92 Å². The molecule has 2 amide bonds. The average molecular weight is 315 g/mol. The lowest BCUT2D eigenvalue weighted by Gasteiger charge is -2.34. The summed E-state index contributed by atoms with van der Waals surface area (Å²) in [5.74, 6) is 0.653. The first kappa shape index (κ1) is 16.0. The zero-order chi connectivity index (χ0) is 16.2. The highest BCUT2D eigenvalue weighted by molar-refractivity contribution is 5.81. The Morgan fingerprint density at radius 2 is 1.74 bits per heavy atom. The minimum absolute atomic E-state index is 0.0487. The molecular formula is C18H25N3O2. The van der Waals surface area contributed by atoms with Crippen molar-refractivity contribution in [2.75, 3.05) is 32.7 Å². The molecular weight excluding hydrogens is 290 g/mol. The van der Waals surface area contributed by atoms with Crippen LogP contribution in [0.4, 0.5) is 0 Å². The van der Waals surface area contributed by atoms with Gasteiger partial charge in [-0.05, 0) is 25.3 Å². The van der Waals surface area contributed by atoms with Crippen LogP contribution < -0.4 is 5.32 Å². The van der Waals surface area contributed by atoms with Crippen molar-refractivity contribution in [3.8, 4) is 0 Å². The average Bonchev–Trinajstić information content (AvgIpc) is 3.39.